The Balaban J connectivity index is 0. The lowest BCUT2D eigenvalue weighted by Gasteiger charge is -1.42. The minimum atomic E-state index is -1.75. The molecule has 0 amide bonds. The molecule has 0 bridgehead atoms. The summed E-state index contributed by atoms with van der Waals surface area (Å²) in [6.07, 6.45) is 0. The Morgan fingerprint density at radius 1 is 1.40 bits per heavy atom. The predicted octanol–water partition coefficient (Wildman–Crippen LogP) is 1.93. The van der Waals surface area contributed by atoms with E-state index in [0.717, 1.165) is 0 Å². The van der Waals surface area contributed by atoms with Crippen LogP contribution in [-0.4, -0.2) is 11.9 Å². The minimum Gasteiger partial charge on any atom is -0.214 e. The van der Waals surface area contributed by atoms with E-state index in [9.17, 15) is 8.78 Å². The molecule has 0 nitrogen and oxygen atoms in total. The van der Waals surface area contributed by atoms with E-state index >= 15 is 0 Å². The summed E-state index contributed by atoms with van der Waals surface area (Å²) in [6.45, 7) is -1.75. The smallest absolute Gasteiger partial charge is 0.214 e. The van der Waals surface area contributed by atoms with Crippen molar-refractivity contribution in [1.82, 2.24) is 0 Å². The number of hydrogen-bond donors (Lipinski definition) is 0. The van der Waals surface area contributed by atoms with Gasteiger partial charge in [0.25, 0.3) is 0 Å². The molecule has 0 unspecified atom stereocenters. The third-order valence-electron chi connectivity index (χ3n) is 0. The quantitative estimate of drug-likeness (QED) is 0.408. The molecule has 0 aliphatic rings. The van der Waals surface area contributed by atoms with Gasteiger partial charge in [-0.05, 0) is 4.93 Å². The lowest BCUT2D eigenvalue weighted by atomic mass is 11.7. The van der Waals surface area contributed by atoms with Crippen molar-refractivity contribution in [3.63, 3.8) is 0 Å². The van der Waals surface area contributed by atoms with Crippen LogP contribution in [0.1, 0.15) is 0 Å². The molecule has 0 aromatic heterocycles. The normalized spacial score (nSPS) is 4.80. The highest BCUT2D eigenvalue weighted by atomic mass is 127. The SMILES string of the molecule is CI.FCF. The topological polar surface area (TPSA) is 0 Å². The van der Waals surface area contributed by atoms with Gasteiger partial charge in [-0.25, -0.2) is 8.78 Å². The maximum absolute atomic E-state index is 9.62. The van der Waals surface area contributed by atoms with Gasteiger partial charge in [-0.15, -0.1) is 0 Å². The first-order valence-corrected chi connectivity index (χ1v) is 3.07. The van der Waals surface area contributed by atoms with Gasteiger partial charge >= 0.3 is 0 Å². The molecule has 0 rings (SSSR count). The van der Waals surface area contributed by atoms with Crippen LogP contribution >= 0.6 is 22.6 Å². The fourth-order valence-corrected chi connectivity index (χ4v) is 0. The molecule has 0 aliphatic heterocycles. The van der Waals surface area contributed by atoms with Crippen molar-refractivity contribution in [2.24, 2.45) is 0 Å². The van der Waals surface area contributed by atoms with E-state index in [4.69, 9.17) is 0 Å². The summed E-state index contributed by atoms with van der Waals surface area (Å²) in [5.74, 6) is 0. The van der Waals surface area contributed by atoms with Crippen molar-refractivity contribution in [3.05, 3.63) is 0 Å². The van der Waals surface area contributed by atoms with Gasteiger partial charge in [0.2, 0.25) is 6.93 Å². The van der Waals surface area contributed by atoms with E-state index in [-0.39, 0.29) is 0 Å². The van der Waals surface area contributed by atoms with Crippen LogP contribution in [-0.2, 0) is 0 Å². The maximum Gasteiger partial charge on any atom is 0.229 e. The Morgan fingerprint density at radius 2 is 1.40 bits per heavy atom. The molecule has 0 aliphatic carbocycles. The van der Waals surface area contributed by atoms with E-state index < -0.39 is 6.93 Å². The highest BCUT2D eigenvalue weighted by molar-refractivity contribution is 14.1. The van der Waals surface area contributed by atoms with Gasteiger partial charge in [-0.2, -0.15) is 0 Å². The fraction of sp³-hybridized carbons (Fsp3) is 1.00. The van der Waals surface area contributed by atoms with Crippen molar-refractivity contribution in [3.8, 4) is 0 Å². The standard InChI is InChI=1S/CH2F2.CH3I/c2-1-3;1-2/h1H2;1H3. The maximum atomic E-state index is 9.62. The van der Waals surface area contributed by atoms with Gasteiger partial charge in [0, 0.05) is 0 Å². The summed E-state index contributed by atoms with van der Waals surface area (Å²) in [4.78, 5) is 1.97. The lowest BCUT2D eigenvalue weighted by molar-refractivity contribution is 0.295. The first kappa shape index (κ1) is 9.14. The number of halogens is 3. The van der Waals surface area contributed by atoms with E-state index in [0.29, 0.717) is 0 Å². The Kier molecular flexibility index (Phi) is 42.8. The molecule has 0 saturated carbocycles. The summed E-state index contributed by atoms with van der Waals surface area (Å²) < 4.78 is 19.2. The van der Waals surface area contributed by atoms with Gasteiger partial charge < -0.3 is 0 Å². The molecule has 0 saturated heterocycles. The highest BCUT2D eigenvalue weighted by Gasteiger charge is 1.44. The Hall–Kier alpha value is 0.590. The average molecular weight is 194 g/mol. The van der Waals surface area contributed by atoms with Gasteiger partial charge in [0.15, 0.2) is 0 Å². The van der Waals surface area contributed by atoms with Crippen molar-refractivity contribution in [2.75, 3.05) is 11.9 Å². The predicted molar refractivity (Wildman–Crippen MR) is 27.0 cm³/mol. The Morgan fingerprint density at radius 3 is 1.40 bits per heavy atom. The van der Waals surface area contributed by atoms with Crippen LogP contribution in [0.3, 0.4) is 0 Å². The molecule has 3 heteroatoms. The van der Waals surface area contributed by atoms with Crippen molar-refractivity contribution < 1.29 is 8.78 Å². The van der Waals surface area contributed by atoms with Gasteiger partial charge in [-0.1, -0.05) is 22.6 Å². The number of alkyl halides is 3. The first-order valence-electron chi connectivity index (χ1n) is 0.912. The molecular formula is C2H5F2I. The fourth-order valence-electron chi connectivity index (χ4n) is 0. The zero-order chi connectivity index (χ0) is 4.71. The molecule has 0 spiro atoms. The van der Waals surface area contributed by atoms with Crippen LogP contribution in [0, 0.1) is 0 Å². The van der Waals surface area contributed by atoms with Crippen LogP contribution in [0.4, 0.5) is 8.78 Å². The van der Waals surface area contributed by atoms with E-state index in [1.165, 1.54) is 0 Å². The van der Waals surface area contributed by atoms with Gasteiger partial charge in [0.1, 0.15) is 0 Å². The summed E-state index contributed by atoms with van der Waals surface area (Å²) in [7, 11) is 0. The molecular weight excluding hydrogens is 189 g/mol. The third kappa shape index (κ3) is 88.5. The van der Waals surface area contributed by atoms with Crippen LogP contribution in [0.5, 0.6) is 0 Å². The summed E-state index contributed by atoms with van der Waals surface area (Å²) in [5, 5.41) is 0. The second kappa shape index (κ2) is 23.4. The lowest BCUT2D eigenvalue weighted by Crippen LogP contribution is -1.34. The first-order chi connectivity index (χ1) is 2.41. The zero-order valence-electron chi connectivity index (χ0n) is 2.84. The Labute approximate surface area is 43.7 Å². The van der Waals surface area contributed by atoms with Crippen molar-refractivity contribution in [2.45, 2.75) is 0 Å². The largest absolute Gasteiger partial charge is 0.229 e. The second-order valence-electron chi connectivity index (χ2n) is 0.101. The molecule has 0 aromatic rings. The molecule has 0 N–H and O–H groups in total. The molecule has 0 aromatic carbocycles. The van der Waals surface area contributed by atoms with Crippen LogP contribution in [0.15, 0.2) is 0 Å². The summed E-state index contributed by atoms with van der Waals surface area (Å²) >= 11 is 2.15. The molecule has 0 heterocycles. The number of rotatable bonds is 0. The van der Waals surface area contributed by atoms with Crippen molar-refractivity contribution in [1.29, 1.82) is 0 Å². The van der Waals surface area contributed by atoms with Gasteiger partial charge in [-0.3, -0.25) is 0 Å². The number of hydrogen-bond acceptors (Lipinski definition) is 0. The summed E-state index contributed by atoms with van der Waals surface area (Å²) in [6, 6.07) is 0. The summed E-state index contributed by atoms with van der Waals surface area (Å²) in [5.41, 5.74) is 0. The zero-order valence-corrected chi connectivity index (χ0v) is 5.00. The molecule has 0 radical (unpaired) electrons. The van der Waals surface area contributed by atoms with E-state index in [1.807, 2.05) is 4.93 Å². The Bertz CT molecular complexity index is 7.61. The highest BCUT2D eigenvalue weighted by Crippen LogP contribution is 1.56. The van der Waals surface area contributed by atoms with Gasteiger partial charge in [0.05, 0.1) is 0 Å². The van der Waals surface area contributed by atoms with E-state index in [2.05, 4.69) is 22.6 Å². The van der Waals surface area contributed by atoms with Crippen molar-refractivity contribution >= 4 is 22.6 Å². The molecule has 5 heavy (non-hydrogen) atoms. The second-order valence-corrected chi connectivity index (χ2v) is 0.101. The minimum absolute atomic E-state index is 1.75. The third-order valence-corrected chi connectivity index (χ3v) is 0. The van der Waals surface area contributed by atoms with Crippen LogP contribution < -0.4 is 0 Å². The average Bonchev–Trinajstić information content (AvgIpc) is 1.46. The molecule has 0 atom stereocenters. The monoisotopic (exact) mass is 194 g/mol. The molecule has 34 valence electrons. The van der Waals surface area contributed by atoms with E-state index in [1.54, 1.807) is 0 Å². The van der Waals surface area contributed by atoms with Crippen LogP contribution in [0.25, 0.3) is 0 Å². The van der Waals surface area contributed by atoms with Crippen LogP contribution in [0.2, 0.25) is 0 Å². The molecule has 0 fully saturated rings.